The van der Waals surface area contributed by atoms with Gasteiger partial charge in [0.05, 0.1) is 25.6 Å². The molecule has 3 aromatic rings. The number of ether oxygens (including phenoxy) is 3. The number of anilines is 1. The summed E-state index contributed by atoms with van der Waals surface area (Å²) >= 11 is 0. The number of carbonyl (C=O) groups is 1. The second-order valence-corrected chi connectivity index (χ2v) is 8.61. The summed E-state index contributed by atoms with van der Waals surface area (Å²) in [5, 5.41) is 0. The molecule has 12 nitrogen and oxygen atoms in total. The molecule has 1 aliphatic heterocycles. The van der Waals surface area contributed by atoms with Crippen molar-refractivity contribution in [2.75, 3.05) is 18.9 Å². The van der Waals surface area contributed by atoms with Crippen LogP contribution in [0.3, 0.4) is 0 Å². The second kappa shape index (κ2) is 10.4. The highest BCUT2D eigenvalue weighted by Gasteiger charge is 2.46. The third kappa shape index (κ3) is 5.14. The summed E-state index contributed by atoms with van der Waals surface area (Å²) in [5.41, 5.74) is 6.63. The Balaban J connectivity index is 1.55. The maximum absolute atomic E-state index is 12.3. The molecule has 4 rings (SSSR count). The number of nitrogens with zero attached hydrogens (tertiary/aromatic N) is 4. The van der Waals surface area contributed by atoms with Crippen LogP contribution in [0.1, 0.15) is 27.0 Å². The Morgan fingerprint density at radius 2 is 2.03 bits per heavy atom. The third-order valence-electron chi connectivity index (χ3n) is 5.27. The van der Waals surface area contributed by atoms with Crippen molar-refractivity contribution < 1.29 is 32.6 Å². The van der Waals surface area contributed by atoms with Gasteiger partial charge in [-0.15, -0.1) is 0 Å². The van der Waals surface area contributed by atoms with Crippen molar-refractivity contribution in [3.05, 3.63) is 36.7 Å². The van der Waals surface area contributed by atoms with E-state index in [9.17, 15) is 9.36 Å². The molecule has 0 radical (unpaired) electrons. The van der Waals surface area contributed by atoms with Gasteiger partial charge in [-0.25, -0.2) is 9.55 Å². The molecule has 5 atom stereocenters. The molecule has 0 saturated carbocycles. The van der Waals surface area contributed by atoms with Crippen molar-refractivity contribution in [2.45, 2.75) is 39.2 Å². The summed E-state index contributed by atoms with van der Waals surface area (Å²) in [6, 6.07) is 8.72. The molecule has 182 valence electrons. The number of esters is 1. The molecule has 0 spiro atoms. The number of hydrogen-bond donors (Lipinski definition) is 1. The summed E-state index contributed by atoms with van der Waals surface area (Å²) in [5.74, 6) is -0.0839. The van der Waals surface area contributed by atoms with Gasteiger partial charge in [0, 0.05) is 12.8 Å². The van der Waals surface area contributed by atoms with E-state index < -0.39 is 32.7 Å². The maximum atomic E-state index is 12.3. The van der Waals surface area contributed by atoms with Crippen molar-refractivity contribution >= 4 is 31.3 Å². The number of aromatic nitrogens is 4. The molecule has 1 fully saturated rings. The van der Waals surface area contributed by atoms with Gasteiger partial charge in [0.15, 0.2) is 23.5 Å². The predicted octanol–water partition coefficient (Wildman–Crippen LogP) is 2.76. The van der Waals surface area contributed by atoms with E-state index in [4.69, 9.17) is 29.0 Å². The summed E-state index contributed by atoms with van der Waals surface area (Å²) in [6.45, 7) is 5.32. The van der Waals surface area contributed by atoms with Crippen LogP contribution in [0.5, 0.6) is 11.6 Å². The summed E-state index contributed by atoms with van der Waals surface area (Å²) in [4.78, 5) is 24.5. The van der Waals surface area contributed by atoms with E-state index in [1.165, 1.54) is 13.3 Å². The Labute approximate surface area is 196 Å². The van der Waals surface area contributed by atoms with Gasteiger partial charge in [-0.1, -0.05) is 25.1 Å². The smallest absolute Gasteiger partial charge is 0.367 e. The van der Waals surface area contributed by atoms with E-state index in [0.29, 0.717) is 23.5 Å². The zero-order valence-electron chi connectivity index (χ0n) is 18.9. The van der Waals surface area contributed by atoms with Crippen molar-refractivity contribution in [3.63, 3.8) is 0 Å². The molecule has 1 saturated heterocycles. The summed E-state index contributed by atoms with van der Waals surface area (Å²) in [7, 11) is -2.82. The molecule has 13 heteroatoms. The van der Waals surface area contributed by atoms with E-state index in [1.54, 1.807) is 28.8 Å². The summed E-state index contributed by atoms with van der Waals surface area (Å²) in [6.07, 6.45) is -0.517. The molecular formula is C21H26N5O7P. The molecule has 2 N–H and O–H groups in total. The Morgan fingerprint density at radius 3 is 2.74 bits per heavy atom. The lowest BCUT2D eigenvalue weighted by Crippen LogP contribution is -2.30. The molecule has 1 aromatic carbocycles. The van der Waals surface area contributed by atoms with Gasteiger partial charge in [-0.2, -0.15) is 9.97 Å². The molecule has 0 bridgehead atoms. The van der Waals surface area contributed by atoms with Gasteiger partial charge in [0.25, 0.3) is 0 Å². The van der Waals surface area contributed by atoms with Gasteiger partial charge in [-0.05, 0) is 19.1 Å². The molecule has 1 aliphatic rings. The number of nitrogens with two attached hydrogens (primary N) is 1. The fourth-order valence-corrected chi connectivity index (χ4v) is 4.41. The number of carbonyl (C=O) groups excluding carboxylic acids is 1. The van der Waals surface area contributed by atoms with Crippen LogP contribution in [0.15, 0.2) is 36.7 Å². The van der Waals surface area contributed by atoms with Crippen molar-refractivity contribution in [1.82, 2.24) is 19.5 Å². The highest BCUT2D eigenvalue weighted by atomic mass is 31.1. The quantitative estimate of drug-likeness (QED) is 0.348. The zero-order valence-corrected chi connectivity index (χ0v) is 19.9. The third-order valence-corrected chi connectivity index (χ3v) is 6.08. The topological polar surface area (TPSA) is 150 Å². The van der Waals surface area contributed by atoms with E-state index in [1.807, 2.05) is 19.9 Å². The van der Waals surface area contributed by atoms with Crippen molar-refractivity contribution in [2.24, 2.45) is 5.92 Å². The summed E-state index contributed by atoms with van der Waals surface area (Å²) < 4.78 is 42.0. The molecule has 2 aromatic heterocycles. The highest BCUT2D eigenvalue weighted by molar-refractivity contribution is 7.33. The van der Waals surface area contributed by atoms with Gasteiger partial charge in [0.1, 0.15) is 5.75 Å². The Hall–Kier alpha value is -3.21. The minimum Gasteiger partial charge on any atom is -0.476 e. The van der Waals surface area contributed by atoms with E-state index in [2.05, 4.69) is 15.0 Å². The fourth-order valence-electron chi connectivity index (χ4n) is 3.72. The first-order valence-corrected chi connectivity index (χ1v) is 11.9. The highest BCUT2D eigenvalue weighted by Crippen LogP contribution is 2.39. The number of nitrogen functional groups attached to an aromatic ring is 1. The maximum Gasteiger partial charge on any atom is 0.367 e. The number of imidazole rings is 1. The fraction of sp³-hybridized carbons (Fsp3) is 0.429. The van der Waals surface area contributed by atoms with Gasteiger partial charge in [-0.3, -0.25) is 13.9 Å². The monoisotopic (exact) mass is 491 g/mol. The second-order valence-electron chi connectivity index (χ2n) is 7.62. The first-order valence-electron chi connectivity index (χ1n) is 10.7. The molecule has 0 aliphatic carbocycles. The van der Waals surface area contributed by atoms with Crippen molar-refractivity contribution in [1.29, 1.82) is 0 Å². The van der Waals surface area contributed by atoms with E-state index >= 15 is 0 Å². The van der Waals surface area contributed by atoms with Crippen LogP contribution in [0.25, 0.3) is 11.2 Å². The van der Waals surface area contributed by atoms with Crippen LogP contribution in [0, 0.1) is 5.92 Å². The molecular weight excluding hydrogens is 465 g/mol. The lowest BCUT2D eigenvalue weighted by atomic mass is 10.0. The van der Waals surface area contributed by atoms with Gasteiger partial charge in [0.2, 0.25) is 11.8 Å². The lowest BCUT2D eigenvalue weighted by Gasteiger charge is -2.22. The standard InChI is InChI=1S/C21H26N5O7P/c1-4-29-19-16-18(24-21(22)25-19)26(11-23-16)20-17(31-13(3)27)12(2)15(32-20)10-30-34(28)33-14-8-6-5-7-9-14/h5-9,11-12,15,17,20,34H,4,10H2,1-3H3,(H2,22,24,25)/t12-,15-,17-,20-/m1/s1. The number of benzene rings is 1. The average Bonchev–Trinajstić information content (AvgIpc) is 3.34. The lowest BCUT2D eigenvalue weighted by molar-refractivity contribution is -0.153. The molecule has 3 heterocycles. The van der Waals surface area contributed by atoms with Gasteiger partial charge < -0.3 is 24.5 Å². The Morgan fingerprint density at radius 1 is 1.26 bits per heavy atom. The SMILES string of the molecule is CCOc1nc(N)nc2c1ncn2[C@@H]1O[C@H](CO[PH](=O)Oc2ccccc2)[C@@H](C)[C@H]1OC(C)=O. The van der Waals surface area contributed by atoms with Crippen LogP contribution in [-0.2, 0) is 23.4 Å². The molecule has 1 unspecified atom stereocenters. The first kappa shape index (κ1) is 23.9. The van der Waals surface area contributed by atoms with Crippen LogP contribution in [0.2, 0.25) is 0 Å². The van der Waals surface area contributed by atoms with Crippen LogP contribution in [0.4, 0.5) is 5.95 Å². The Bertz CT molecular complexity index is 1180. The Kier molecular flexibility index (Phi) is 7.30. The number of hydrogen-bond acceptors (Lipinski definition) is 11. The van der Waals surface area contributed by atoms with E-state index in [0.717, 1.165) is 0 Å². The first-order chi connectivity index (χ1) is 16.4. The average molecular weight is 491 g/mol. The number of para-hydroxylation sites is 1. The minimum absolute atomic E-state index is 0.00400. The normalized spacial score (nSPS) is 23.0. The van der Waals surface area contributed by atoms with Gasteiger partial charge >= 0.3 is 14.2 Å². The number of fused-ring (bicyclic) bond motifs is 1. The van der Waals surface area contributed by atoms with Crippen molar-refractivity contribution in [3.8, 4) is 11.6 Å². The van der Waals surface area contributed by atoms with E-state index in [-0.39, 0.29) is 24.4 Å². The molecule has 34 heavy (non-hydrogen) atoms. The minimum atomic E-state index is -2.82. The number of rotatable bonds is 9. The zero-order chi connectivity index (χ0) is 24.2. The van der Waals surface area contributed by atoms with Crippen LogP contribution >= 0.6 is 8.25 Å². The molecule has 0 amide bonds. The van der Waals surface area contributed by atoms with Crippen LogP contribution < -0.4 is 15.0 Å². The largest absolute Gasteiger partial charge is 0.476 e. The van der Waals surface area contributed by atoms with Crippen LogP contribution in [-0.4, -0.2) is 50.9 Å². The predicted molar refractivity (Wildman–Crippen MR) is 122 cm³/mol.